The van der Waals surface area contributed by atoms with Crippen molar-refractivity contribution in [3.63, 3.8) is 0 Å². The van der Waals surface area contributed by atoms with Gasteiger partial charge < -0.3 is 15.4 Å². The zero-order valence-electron chi connectivity index (χ0n) is 17.3. The summed E-state index contributed by atoms with van der Waals surface area (Å²) in [4.78, 5) is 29.4. The maximum Gasteiger partial charge on any atom is 0.264 e. The van der Waals surface area contributed by atoms with Crippen LogP contribution in [0.1, 0.15) is 5.56 Å². The first-order chi connectivity index (χ1) is 16.4. The minimum atomic E-state index is -0.299. The number of aliphatic imine (C=N–C) groups is 1. The molecular formula is C24H16BrCl2N3O3S. The molecule has 10 heteroatoms. The summed E-state index contributed by atoms with van der Waals surface area (Å²) in [7, 11) is 0. The van der Waals surface area contributed by atoms with Gasteiger partial charge in [-0.3, -0.25) is 9.59 Å². The third-order valence-electron chi connectivity index (χ3n) is 4.45. The molecular weight excluding hydrogens is 561 g/mol. The average Bonchev–Trinajstić information content (AvgIpc) is 3.14. The monoisotopic (exact) mass is 575 g/mol. The van der Waals surface area contributed by atoms with E-state index < -0.39 is 0 Å². The van der Waals surface area contributed by atoms with E-state index in [0.717, 1.165) is 5.56 Å². The van der Waals surface area contributed by atoms with Crippen molar-refractivity contribution in [2.45, 2.75) is 0 Å². The van der Waals surface area contributed by atoms with E-state index in [4.69, 9.17) is 27.9 Å². The number of nitrogens with zero attached hydrogens (tertiary/aromatic N) is 1. The number of nitrogens with one attached hydrogen (secondary N) is 2. The number of thioether (sulfide) groups is 1. The van der Waals surface area contributed by atoms with Crippen LogP contribution < -0.4 is 15.4 Å². The number of ether oxygens (including phenoxy) is 1. The highest BCUT2D eigenvalue weighted by Gasteiger charge is 2.24. The van der Waals surface area contributed by atoms with E-state index in [1.54, 1.807) is 66.7 Å². The Balaban J connectivity index is 1.37. The van der Waals surface area contributed by atoms with Crippen LogP contribution in [0.2, 0.25) is 10.0 Å². The van der Waals surface area contributed by atoms with Gasteiger partial charge in [-0.05, 0) is 100.0 Å². The number of carbonyl (C=O) groups is 2. The first-order valence-corrected chi connectivity index (χ1v) is 12.3. The Kier molecular flexibility index (Phi) is 7.95. The fourth-order valence-corrected chi connectivity index (χ4v) is 4.47. The SMILES string of the molecule is O=C(COc1ccc(/C=C2\SC(=Nc3ccc(Cl)cc3)NC2=O)cc1Br)Nc1ccc(Cl)cc1. The molecule has 0 radical (unpaired) electrons. The summed E-state index contributed by atoms with van der Waals surface area (Å²) in [6.45, 7) is -0.162. The Bertz CT molecular complexity index is 1300. The van der Waals surface area contributed by atoms with Crippen molar-refractivity contribution in [1.82, 2.24) is 5.32 Å². The van der Waals surface area contributed by atoms with Crippen molar-refractivity contribution in [3.8, 4) is 5.75 Å². The summed E-state index contributed by atoms with van der Waals surface area (Å²) >= 11 is 16.4. The van der Waals surface area contributed by atoms with E-state index in [1.165, 1.54) is 11.8 Å². The Morgan fingerprint density at radius 3 is 2.41 bits per heavy atom. The van der Waals surface area contributed by atoms with Crippen molar-refractivity contribution in [1.29, 1.82) is 0 Å². The number of halogens is 3. The predicted molar refractivity (Wildman–Crippen MR) is 142 cm³/mol. The lowest BCUT2D eigenvalue weighted by Crippen LogP contribution is -2.20. The second kappa shape index (κ2) is 11.1. The molecule has 34 heavy (non-hydrogen) atoms. The predicted octanol–water partition coefficient (Wildman–Crippen LogP) is 6.67. The Hall–Kier alpha value is -2.78. The van der Waals surface area contributed by atoms with E-state index in [0.29, 0.717) is 41.7 Å². The molecule has 3 aromatic carbocycles. The van der Waals surface area contributed by atoms with E-state index in [2.05, 4.69) is 31.6 Å². The van der Waals surface area contributed by atoms with Gasteiger partial charge in [0.2, 0.25) is 0 Å². The first-order valence-electron chi connectivity index (χ1n) is 9.89. The maximum absolute atomic E-state index is 12.3. The summed E-state index contributed by atoms with van der Waals surface area (Å²) in [5.41, 5.74) is 2.11. The summed E-state index contributed by atoms with van der Waals surface area (Å²) in [5, 5.41) is 7.19. The Labute approximate surface area is 218 Å². The molecule has 0 aromatic heterocycles. The standard InChI is InChI=1S/C24H16BrCl2N3O3S/c25-19-11-14(1-10-20(19)33-13-22(31)28-17-6-2-15(26)3-7-17)12-21-23(32)30-24(34-21)29-18-8-4-16(27)5-9-18/h1-12H,13H2,(H,28,31)(H,29,30,32)/b21-12-. The number of hydrogen-bond acceptors (Lipinski definition) is 5. The van der Waals surface area contributed by atoms with Gasteiger partial charge in [0, 0.05) is 15.7 Å². The second-order valence-corrected chi connectivity index (χ2v) is 9.75. The molecule has 0 bridgehead atoms. The molecule has 3 aromatic rings. The fourth-order valence-electron chi connectivity index (χ4n) is 2.86. The molecule has 6 nitrogen and oxygen atoms in total. The van der Waals surface area contributed by atoms with Crippen LogP contribution in [0.15, 0.2) is 81.1 Å². The van der Waals surface area contributed by atoms with Crippen LogP contribution in [0.25, 0.3) is 6.08 Å². The van der Waals surface area contributed by atoms with Crippen LogP contribution in [-0.4, -0.2) is 23.6 Å². The number of amidine groups is 1. The molecule has 0 atom stereocenters. The maximum atomic E-state index is 12.3. The highest BCUT2D eigenvalue weighted by atomic mass is 79.9. The van der Waals surface area contributed by atoms with Gasteiger partial charge in [0.05, 0.1) is 15.1 Å². The number of anilines is 1. The quantitative estimate of drug-likeness (QED) is 0.321. The van der Waals surface area contributed by atoms with E-state index in [9.17, 15) is 9.59 Å². The van der Waals surface area contributed by atoms with Gasteiger partial charge in [-0.15, -0.1) is 0 Å². The van der Waals surface area contributed by atoms with E-state index in [-0.39, 0.29) is 18.4 Å². The molecule has 2 amide bonds. The van der Waals surface area contributed by atoms with Crippen LogP contribution in [0.5, 0.6) is 5.75 Å². The molecule has 1 aliphatic rings. The van der Waals surface area contributed by atoms with Crippen molar-refractivity contribution in [2.75, 3.05) is 11.9 Å². The van der Waals surface area contributed by atoms with Crippen LogP contribution in [0.4, 0.5) is 11.4 Å². The molecule has 1 saturated heterocycles. The number of amides is 2. The van der Waals surface area contributed by atoms with Crippen molar-refractivity contribution in [3.05, 3.63) is 91.7 Å². The number of benzene rings is 3. The smallest absolute Gasteiger partial charge is 0.264 e. The summed E-state index contributed by atoms with van der Waals surface area (Å²) in [6, 6.07) is 19.2. The number of hydrogen-bond donors (Lipinski definition) is 2. The number of carbonyl (C=O) groups excluding carboxylic acids is 2. The van der Waals surface area contributed by atoms with Gasteiger partial charge in [0.1, 0.15) is 5.75 Å². The zero-order valence-corrected chi connectivity index (χ0v) is 21.3. The molecule has 0 aliphatic carbocycles. The van der Waals surface area contributed by atoms with Crippen LogP contribution in [0.3, 0.4) is 0 Å². The summed E-state index contributed by atoms with van der Waals surface area (Å²) in [5.74, 6) is -0.0260. The lowest BCUT2D eigenvalue weighted by molar-refractivity contribution is -0.118. The van der Waals surface area contributed by atoms with Gasteiger partial charge in [-0.1, -0.05) is 29.3 Å². The topological polar surface area (TPSA) is 79.8 Å². The highest BCUT2D eigenvalue weighted by molar-refractivity contribution is 9.10. The molecule has 4 rings (SSSR count). The van der Waals surface area contributed by atoms with E-state index >= 15 is 0 Å². The summed E-state index contributed by atoms with van der Waals surface area (Å²) in [6.07, 6.45) is 1.76. The average molecular weight is 577 g/mol. The van der Waals surface area contributed by atoms with Crippen molar-refractivity contribution >= 4 is 85.3 Å². The van der Waals surface area contributed by atoms with E-state index in [1.807, 2.05) is 6.07 Å². The zero-order chi connectivity index (χ0) is 24.1. The minimum absolute atomic E-state index is 0.162. The third-order valence-corrected chi connectivity index (χ3v) is 6.48. The number of rotatable bonds is 6. The molecule has 172 valence electrons. The molecule has 1 heterocycles. The molecule has 0 saturated carbocycles. The third kappa shape index (κ3) is 6.64. The van der Waals surface area contributed by atoms with Crippen molar-refractivity contribution < 1.29 is 14.3 Å². The Morgan fingerprint density at radius 1 is 1.06 bits per heavy atom. The van der Waals surface area contributed by atoms with Gasteiger partial charge in [0.25, 0.3) is 11.8 Å². The first kappa shape index (κ1) is 24.3. The summed E-state index contributed by atoms with van der Waals surface area (Å²) < 4.78 is 6.27. The fraction of sp³-hybridized carbons (Fsp3) is 0.0417. The van der Waals surface area contributed by atoms with Crippen molar-refractivity contribution in [2.24, 2.45) is 4.99 Å². The van der Waals surface area contributed by atoms with Gasteiger partial charge in [-0.25, -0.2) is 4.99 Å². The molecule has 1 fully saturated rings. The molecule has 2 N–H and O–H groups in total. The highest BCUT2D eigenvalue weighted by Crippen LogP contribution is 2.31. The molecule has 0 spiro atoms. The normalized spacial score (nSPS) is 15.4. The lowest BCUT2D eigenvalue weighted by atomic mass is 10.2. The van der Waals surface area contributed by atoms with Gasteiger partial charge >= 0.3 is 0 Å². The Morgan fingerprint density at radius 2 is 1.74 bits per heavy atom. The van der Waals surface area contributed by atoms with Gasteiger partial charge in [-0.2, -0.15) is 0 Å². The van der Waals surface area contributed by atoms with Crippen LogP contribution in [0, 0.1) is 0 Å². The van der Waals surface area contributed by atoms with Crippen LogP contribution >= 0.6 is 50.9 Å². The molecule has 0 unspecified atom stereocenters. The largest absolute Gasteiger partial charge is 0.483 e. The second-order valence-electron chi connectivity index (χ2n) is 6.99. The molecule has 1 aliphatic heterocycles. The minimum Gasteiger partial charge on any atom is -0.483 e. The van der Waals surface area contributed by atoms with Gasteiger partial charge in [0.15, 0.2) is 11.8 Å². The lowest BCUT2D eigenvalue weighted by Gasteiger charge is -2.09. The van der Waals surface area contributed by atoms with Crippen LogP contribution in [-0.2, 0) is 9.59 Å².